The number of carbonyl (C=O) groups is 1. The Labute approximate surface area is 123 Å². The third-order valence-corrected chi connectivity index (χ3v) is 4.28. The molecule has 0 bridgehead atoms. The summed E-state index contributed by atoms with van der Waals surface area (Å²) < 4.78 is 7.43. The van der Waals surface area contributed by atoms with E-state index in [1.807, 2.05) is 23.1 Å². The molecular weight excluding hydrogens is 266 g/mol. The number of ether oxygens (including phenoxy) is 1. The molecule has 1 aliphatic carbocycles. The van der Waals surface area contributed by atoms with Crippen molar-refractivity contribution in [1.82, 2.24) is 14.5 Å². The monoisotopic (exact) mass is 285 g/mol. The second kappa shape index (κ2) is 5.15. The molecule has 2 aliphatic rings. The smallest absolute Gasteiger partial charge is 0.242 e. The van der Waals surface area contributed by atoms with Gasteiger partial charge in [-0.1, -0.05) is 12.1 Å². The number of amides is 1. The van der Waals surface area contributed by atoms with Gasteiger partial charge in [0.1, 0.15) is 12.4 Å². The molecule has 5 nitrogen and oxygen atoms in total. The van der Waals surface area contributed by atoms with E-state index in [0.29, 0.717) is 38.8 Å². The molecule has 2 aromatic rings. The average Bonchev–Trinajstić information content (AvgIpc) is 3.32. The summed E-state index contributed by atoms with van der Waals surface area (Å²) in [6, 6.07) is 8.09. The minimum Gasteiger partial charge on any atom is -0.378 e. The highest BCUT2D eigenvalue weighted by molar-refractivity contribution is 5.81. The van der Waals surface area contributed by atoms with Crippen molar-refractivity contribution in [3.8, 4) is 0 Å². The van der Waals surface area contributed by atoms with Crippen LogP contribution < -0.4 is 0 Å². The topological polar surface area (TPSA) is 47.4 Å². The molecule has 4 rings (SSSR count). The predicted octanol–water partition coefficient (Wildman–Crippen LogP) is 1.77. The van der Waals surface area contributed by atoms with Crippen molar-refractivity contribution in [2.75, 3.05) is 26.3 Å². The Kier molecular flexibility index (Phi) is 3.15. The summed E-state index contributed by atoms with van der Waals surface area (Å²) >= 11 is 0. The lowest BCUT2D eigenvalue weighted by atomic mass is 10.3. The predicted molar refractivity (Wildman–Crippen MR) is 79.1 cm³/mol. The van der Waals surface area contributed by atoms with E-state index in [2.05, 4.69) is 10.6 Å². The van der Waals surface area contributed by atoms with Gasteiger partial charge in [0.25, 0.3) is 0 Å². The maximum absolute atomic E-state index is 12.5. The third-order valence-electron chi connectivity index (χ3n) is 4.28. The minimum absolute atomic E-state index is 0.170. The van der Waals surface area contributed by atoms with Crippen molar-refractivity contribution in [2.24, 2.45) is 0 Å². The lowest BCUT2D eigenvalue weighted by Crippen LogP contribution is -2.42. The lowest BCUT2D eigenvalue weighted by molar-refractivity contribution is -0.135. The van der Waals surface area contributed by atoms with Crippen LogP contribution in [0.1, 0.15) is 24.6 Å². The molecule has 2 fully saturated rings. The number of benzene rings is 1. The first kappa shape index (κ1) is 12.8. The van der Waals surface area contributed by atoms with E-state index >= 15 is 0 Å². The fourth-order valence-electron chi connectivity index (χ4n) is 2.96. The Morgan fingerprint density at radius 1 is 1.24 bits per heavy atom. The van der Waals surface area contributed by atoms with Gasteiger partial charge in [-0.25, -0.2) is 4.98 Å². The van der Waals surface area contributed by atoms with Crippen LogP contribution in [0.2, 0.25) is 0 Å². The largest absolute Gasteiger partial charge is 0.378 e. The number of nitrogens with zero attached hydrogens (tertiary/aromatic N) is 3. The summed E-state index contributed by atoms with van der Waals surface area (Å²) in [4.78, 5) is 19.2. The van der Waals surface area contributed by atoms with Gasteiger partial charge in [0.05, 0.1) is 24.2 Å². The summed E-state index contributed by atoms with van der Waals surface area (Å²) in [7, 11) is 0. The summed E-state index contributed by atoms with van der Waals surface area (Å²) in [6.07, 6.45) is 2.38. The Balaban J connectivity index is 1.65. The summed E-state index contributed by atoms with van der Waals surface area (Å²) in [5.74, 6) is 1.79. The molecule has 2 heterocycles. The second-order valence-electron chi connectivity index (χ2n) is 5.81. The van der Waals surface area contributed by atoms with E-state index < -0.39 is 0 Å². The quantitative estimate of drug-likeness (QED) is 0.863. The number of imidazole rings is 1. The molecule has 110 valence electrons. The fraction of sp³-hybridized carbons (Fsp3) is 0.500. The molecule has 1 aromatic heterocycles. The highest BCUT2D eigenvalue weighted by Crippen LogP contribution is 2.40. The molecule has 1 saturated carbocycles. The van der Waals surface area contributed by atoms with E-state index in [4.69, 9.17) is 9.72 Å². The average molecular weight is 285 g/mol. The van der Waals surface area contributed by atoms with Gasteiger partial charge in [-0.15, -0.1) is 0 Å². The zero-order chi connectivity index (χ0) is 14.2. The number of hydrogen-bond donors (Lipinski definition) is 0. The molecule has 21 heavy (non-hydrogen) atoms. The van der Waals surface area contributed by atoms with Crippen molar-refractivity contribution in [3.05, 3.63) is 30.1 Å². The maximum Gasteiger partial charge on any atom is 0.242 e. The van der Waals surface area contributed by atoms with Gasteiger partial charge < -0.3 is 14.2 Å². The van der Waals surface area contributed by atoms with Crippen LogP contribution in [0.4, 0.5) is 0 Å². The van der Waals surface area contributed by atoms with Crippen LogP contribution in [0.5, 0.6) is 0 Å². The molecule has 1 amide bonds. The number of carbonyl (C=O) groups excluding carboxylic acids is 1. The molecule has 0 spiro atoms. The van der Waals surface area contributed by atoms with Crippen molar-refractivity contribution in [2.45, 2.75) is 25.3 Å². The van der Waals surface area contributed by atoms with E-state index in [-0.39, 0.29) is 5.91 Å². The number of morpholine rings is 1. The third kappa shape index (κ3) is 2.42. The summed E-state index contributed by atoms with van der Waals surface area (Å²) in [5, 5.41) is 0. The van der Waals surface area contributed by atoms with Crippen LogP contribution in [0.3, 0.4) is 0 Å². The molecule has 1 aromatic carbocycles. The van der Waals surface area contributed by atoms with Crippen LogP contribution >= 0.6 is 0 Å². The van der Waals surface area contributed by atoms with E-state index in [1.165, 1.54) is 12.8 Å². The van der Waals surface area contributed by atoms with Gasteiger partial charge >= 0.3 is 0 Å². The van der Waals surface area contributed by atoms with Crippen LogP contribution in [0, 0.1) is 0 Å². The fourth-order valence-corrected chi connectivity index (χ4v) is 2.96. The van der Waals surface area contributed by atoms with Crippen molar-refractivity contribution >= 4 is 16.9 Å². The first-order valence-electron chi connectivity index (χ1n) is 7.63. The van der Waals surface area contributed by atoms with Gasteiger partial charge in [-0.05, 0) is 25.0 Å². The Morgan fingerprint density at radius 2 is 2.00 bits per heavy atom. The summed E-state index contributed by atoms with van der Waals surface area (Å²) in [6.45, 7) is 3.08. The van der Waals surface area contributed by atoms with E-state index in [1.54, 1.807) is 0 Å². The van der Waals surface area contributed by atoms with E-state index in [0.717, 1.165) is 16.9 Å². The second-order valence-corrected chi connectivity index (χ2v) is 5.81. The Bertz CT molecular complexity index is 669. The van der Waals surface area contributed by atoms with Crippen molar-refractivity contribution in [3.63, 3.8) is 0 Å². The van der Waals surface area contributed by atoms with Crippen molar-refractivity contribution in [1.29, 1.82) is 0 Å². The zero-order valence-electron chi connectivity index (χ0n) is 12.0. The molecule has 1 saturated heterocycles. The lowest BCUT2D eigenvalue weighted by Gasteiger charge is -2.27. The van der Waals surface area contributed by atoms with Crippen LogP contribution in [0.15, 0.2) is 24.3 Å². The zero-order valence-corrected chi connectivity index (χ0v) is 12.0. The highest BCUT2D eigenvalue weighted by atomic mass is 16.5. The first-order chi connectivity index (χ1) is 10.3. The van der Waals surface area contributed by atoms with Gasteiger partial charge in [0.2, 0.25) is 5.91 Å². The molecule has 0 unspecified atom stereocenters. The Hall–Kier alpha value is -1.88. The minimum atomic E-state index is 0.170. The number of fused-ring (bicyclic) bond motifs is 1. The summed E-state index contributed by atoms with van der Waals surface area (Å²) in [5.41, 5.74) is 2.06. The van der Waals surface area contributed by atoms with Gasteiger partial charge in [-0.3, -0.25) is 4.79 Å². The van der Waals surface area contributed by atoms with Crippen LogP contribution in [-0.4, -0.2) is 46.7 Å². The number of aromatic nitrogens is 2. The molecule has 0 N–H and O–H groups in total. The molecular formula is C16H19N3O2. The van der Waals surface area contributed by atoms with Gasteiger partial charge in [0, 0.05) is 19.0 Å². The number of rotatable bonds is 3. The number of hydrogen-bond acceptors (Lipinski definition) is 3. The molecule has 5 heteroatoms. The SMILES string of the molecule is O=C(Cn1c(C2CC2)nc2ccccc21)N1CCOCC1. The van der Waals surface area contributed by atoms with Crippen LogP contribution in [-0.2, 0) is 16.1 Å². The number of para-hydroxylation sites is 2. The highest BCUT2D eigenvalue weighted by Gasteiger charge is 2.30. The first-order valence-corrected chi connectivity index (χ1v) is 7.63. The van der Waals surface area contributed by atoms with Crippen LogP contribution in [0.25, 0.3) is 11.0 Å². The Morgan fingerprint density at radius 3 is 2.76 bits per heavy atom. The standard InChI is InChI=1S/C16H19N3O2/c20-15(18-7-9-21-10-8-18)11-19-14-4-2-1-3-13(14)17-16(19)12-5-6-12/h1-4,12H,5-11H2. The molecule has 0 radical (unpaired) electrons. The van der Waals surface area contributed by atoms with Gasteiger partial charge in [0.15, 0.2) is 0 Å². The normalized spacial score (nSPS) is 19.1. The van der Waals surface area contributed by atoms with E-state index in [9.17, 15) is 4.79 Å². The van der Waals surface area contributed by atoms with Gasteiger partial charge in [-0.2, -0.15) is 0 Å². The van der Waals surface area contributed by atoms with Crippen molar-refractivity contribution < 1.29 is 9.53 Å². The maximum atomic E-state index is 12.5. The molecule has 0 atom stereocenters. The molecule has 1 aliphatic heterocycles.